The molecule has 2 heteroatoms. The van der Waals surface area contributed by atoms with Crippen LogP contribution in [0.4, 0.5) is 0 Å². The van der Waals surface area contributed by atoms with Gasteiger partial charge in [0.2, 0.25) is 0 Å². The maximum Gasteiger partial charge on any atom is 0.136 e. The molecule has 1 rings (SSSR count). The fraction of sp³-hybridized carbons (Fsp3) is 0.600. The molecule has 0 amide bonds. The van der Waals surface area contributed by atoms with E-state index in [0.717, 1.165) is 17.6 Å². The molecule has 0 aromatic carbocycles. The van der Waals surface area contributed by atoms with Crippen molar-refractivity contribution in [3.63, 3.8) is 0 Å². The van der Waals surface area contributed by atoms with Crippen molar-refractivity contribution in [1.29, 1.82) is 0 Å². The second-order valence-electron chi connectivity index (χ2n) is 6.99. The van der Waals surface area contributed by atoms with E-state index in [4.69, 9.17) is 5.11 Å². The first-order chi connectivity index (χ1) is 10.3. The predicted molar refractivity (Wildman–Crippen MR) is 93.3 cm³/mol. The van der Waals surface area contributed by atoms with Crippen molar-refractivity contribution < 1.29 is 10.2 Å². The van der Waals surface area contributed by atoms with Crippen LogP contribution >= 0.6 is 0 Å². The Morgan fingerprint density at radius 3 is 2.64 bits per heavy atom. The third kappa shape index (κ3) is 5.48. The fourth-order valence-corrected chi connectivity index (χ4v) is 2.90. The number of aliphatic hydroxyl groups is 2. The molecule has 0 saturated heterocycles. The largest absolute Gasteiger partial charge is 0.392 e. The van der Waals surface area contributed by atoms with Crippen LogP contribution in [0.3, 0.4) is 0 Å². The van der Waals surface area contributed by atoms with E-state index >= 15 is 0 Å². The van der Waals surface area contributed by atoms with Gasteiger partial charge in [0.15, 0.2) is 0 Å². The summed E-state index contributed by atoms with van der Waals surface area (Å²) < 4.78 is 0. The third-order valence-corrected chi connectivity index (χ3v) is 4.53. The Kier molecular flexibility index (Phi) is 7.13. The molecule has 2 N–H and O–H groups in total. The number of allylic oxidation sites excluding steroid dienone is 4. The highest BCUT2D eigenvalue weighted by atomic mass is 16.3. The Bertz CT molecular complexity index is 536. The lowest BCUT2D eigenvalue weighted by atomic mass is 9.71. The quantitative estimate of drug-likeness (QED) is 0.605. The molecule has 1 atom stereocenters. The first-order valence-corrected chi connectivity index (χ1v) is 8.09. The van der Waals surface area contributed by atoms with Crippen LogP contribution in [-0.2, 0) is 0 Å². The lowest BCUT2D eigenvalue weighted by Crippen LogP contribution is -2.20. The predicted octanol–water partition coefficient (Wildman–Crippen LogP) is 4.15. The van der Waals surface area contributed by atoms with Gasteiger partial charge in [-0.05, 0) is 69.1 Å². The molecule has 1 unspecified atom stereocenters. The normalized spacial score (nSPS) is 20.5. The molecule has 0 spiro atoms. The van der Waals surface area contributed by atoms with Crippen LogP contribution in [0.25, 0.3) is 0 Å². The molecule has 0 bridgehead atoms. The van der Waals surface area contributed by atoms with E-state index in [1.807, 2.05) is 13.8 Å². The van der Waals surface area contributed by atoms with Gasteiger partial charge in [-0.1, -0.05) is 42.9 Å². The van der Waals surface area contributed by atoms with Gasteiger partial charge in [-0.15, -0.1) is 0 Å². The van der Waals surface area contributed by atoms with Crippen molar-refractivity contribution in [1.82, 2.24) is 0 Å². The lowest BCUT2D eigenvalue weighted by molar-refractivity contribution is 0.267. The molecule has 22 heavy (non-hydrogen) atoms. The van der Waals surface area contributed by atoms with Crippen molar-refractivity contribution >= 4 is 0 Å². The van der Waals surface area contributed by atoms with Crippen LogP contribution in [0, 0.1) is 17.3 Å². The summed E-state index contributed by atoms with van der Waals surface area (Å²) in [5, 5.41) is 19.0. The molecule has 1 aliphatic carbocycles. The van der Waals surface area contributed by atoms with E-state index in [0.29, 0.717) is 0 Å². The Labute approximate surface area is 135 Å². The minimum atomic E-state index is -0.740. The maximum atomic E-state index is 10.1. The molecular formula is C20H30O2. The summed E-state index contributed by atoms with van der Waals surface area (Å²) >= 11 is 0. The zero-order valence-electron chi connectivity index (χ0n) is 14.7. The number of hydrogen-bond donors (Lipinski definition) is 2. The summed E-state index contributed by atoms with van der Waals surface area (Å²) in [6, 6.07) is 0. The Morgan fingerprint density at radius 2 is 2.05 bits per heavy atom. The number of aliphatic hydroxyl groups excluding tert-OH is 2. The Hall–Kier alpha value is -1.30. The van der Waals surface area contributed by atoms with Gasteiger partial charge in [0.25, 0.3) is 0 Å². The van der Waals surface area contributed by atoms with Gasteiger partial charge in [-0.3, -0.25) is 0 Å². The van der Waals surface area contributed by atoms with E-state index < -0.39 is 6.10 Å². The summed E-state index contributed by atoms with van der Waals surface area (Å²) in [5.74, 6) is 5.61. The highest BCUT2D eigenvalue weighted by Gasteiger charge is 2.27. The molecule has 122 valence electrons. The smallest absolute Gasteiger partial charge is 0.136 e. The summed E-state index contributed by atoms with van der Waals surface area (Å²) in [6.07, 6.45) is 7.61. The van der Waals surface area contributed by atoms with Crippen LogP contribution < -0.4 is 0 Å². The van der Waals surface area contributed by atoms with Crippen molar-refractivity contribution in [3.8, 4) is 11.8 Å². The van der Waals surface area contributed by atoms with E-state index in [9.17, 15) is 5.11 Å². The average Bonchev–Trinajstić information content (AvgIpc) is 2.45. The van der Waals surface area contributed by atoms with E-state index in [1.165, 1.54) is 30.4 Å². The third-order valence-electron chi connectivity index (χ3n) is 4.53. The molecule has 0 fully saturated rings. The first-order valence-electron chi connectivity index (χ1n) is 8.09. The molecule has 2 nitrogen and oxygen atoms in total. The molecule has 1 aliphatic rings. The topological polar surface area (TPSA) is 40.5 Å². The summed E-state index contributed by atoms with van der Waals surface area (Å²) in [5.41, 5.74) is 4.96. The number of rotatable bonds is 4. The Morgan fingerprint density at radius 1 is 1.36 bits per heavy atom. The van der Waals surface area contributed by atoms with Crippen molar-refractivity contribution in [2.75, 3.05) is 6.61 Å². The molecular weight excluding hydrogens is 272 g/mol. The van der Waals surface area contributed by atoms with Crippen LogP contribution in [0.5, 0.6) is 0 Å². The monoisotopic (exact) mass is 302 g/mol. The SMILES string of the molecule is CC1=C(C/C=C(\C)C(O)C#C/C=C(\C)CO)C(C)(C)CCC1. The van der Waals surface area contributed by atoms with Crippen molar-refractivity contribution in [2.24, 2.45) is 5.41 Å². The molecule has 0 aliphatic heterocycles. The van der Waals surface area contributed by atoms with Gasteiger partial charge < -0.3 is 10.2 Å². The fourth-order valence-electron chi connectivity index (χ4n) is 2.90. The highest BCUT2D eigenvalue weighted by molar-refractivity contribution is 5.30. The van der Waals surface area contributed by atoms with Crippen LogP contribution in [-0.4, -0.2) is 22.9 Å². The maximum absolute atomic E-state index is 10.1. The molecule has 0 aromatic heterocycles. The first kappa shape index (κ1) is 18.7. The minimum absolute atomic E-state index is 0.00209. The second kappa shape index (κ2) is 8.36. The molecule has 0 radical (unpaired) electrons. The summed E-state index contributed by atoms with van der Waals surface area (Å²) in [7, 11) is 0. The van der Waals surface area contributed by atoms with Crippen molar-refractivity contribution in [3.05, 3.63) is 34.4 Å². The lowest BCUT2D eigenvalue weighted by Gasteiger charge is -2.34. The van der Waals surface area contributed by atoms with Gasteiger partial charge in [-0.25, -0.2) is 0 Å². The number of hydrogen-bond acceptors (Lipinski definition) is 2. The molecule has 0 heterocycles. The zero-order chi connectivity index (χ0) is 16.8. The summed E-state index contributed by atoms with van der Waals surface area (Å²) in [6.45, 7) is 10.6. The highest BCUT2D eigenvalue weighted by Crippen LogP contribution is 2.42. The average molecular weight is 302 g/mol. The second-order valence-corrected chi connectivity index (χ2v) is 6.99. The van der Waals surface area contributed by atoms with Gasteiger partial charge in [0.1, 0.15) is 6.10 Å². The van der Waals surface area contributed by atoms with E-state index in [1.54, 1.807) is 6.08 Å². The van der Waals surface area contributed by atoms with Gasteiger partial charge in [-0.2, -0.15) is 0 Å². The van der Waals surface area contributed by atoms with E-state index in [-0.39, 0.29) is 12.0 Å². The summed E-state index contributed by atoms with van der Waals surface area (Å²) in [4.78, 5) is 0. The van der Waals surface area contributed by atoms with Crippen LogP contribution in [0.15, 0.2) is 34.4 Å². The molecule has 0 aromatic rings. The van der Waals surface area contributed by atoms with E-state index in [2.05, 4.69) is 38.7 Å². The zero-order valence-corrected chi connectivity index (χ0v) is 14.7. The van der Waals surface area contributed by atoms with Gasteiger partial charge >= 0.3 is 0 Å². The van der Waals surface area contributed by atoms with Gasteiger partial charge in [0, 0.05) is 0 Å². The van der Waals surface area contributed by atoms with Crippen molar-refractivity contribution in [2.45, 2.75) is 66.4 Å². The van der Waals surface area contributed by atoms with Crippen LogP contribution in [0.2, 0.25) is 0 Å². The van der Waals surface area contributed by atoms with Crippen LogP contribution in [0.1, 0.15) is 60.3 Å². The Balaban J connectivity index is 2.77. The standard InChI is InChI=1S/C20H30O2/c1-15(14-21)8-6-10-19(22)17(3)11-12-18-16(2)9-7-13-20(18,4)5/h8,11,19,21-22H,7,9,12-14H2,1-5H3/b15-8+,17-11+. The van der Waals surface area contributed by atoms with Gasteiger partial charge in [0.05, 0.1) is 6.61 Å². The molecule has 0 saturated carbocycles. The minimum Gasteiger partial charge on any atom is -0.392 e.